The van der Waals surface area contributed by atoms with E-state index in [9.17, 15) is 14.7 Å². The van der Waals surface area contributed by atoms with Crippen LogP contribution in [-0.4, -0.2) is 49.7 Å². The fraction of sp³-hybridized carbons (Fsp3) is 0.423. The van der Waals surface area contributed by atoms with Crippen molar-refractivity contribution in [2.45, 2.75) is 58.0 Å². The molecule has 176 valence electrons. The third-order valence-corrected chi connectivity index (χ3v) is 7.03. The summed E-state index contributed by atoms with van der Waals surface area (Å²) >= 11 is 0. The van der Waals surface area contributed by atoms with Crippen LogP contribution in [0, 0.1) is 5.41 Å². The maximum atomic E-state index is 11.9. The lowest BCUT2D eigenvalue weighted by atomic mass is 9.68. The minimum absolute atomic E-state index is 0.101. The lowest BCUT2D eigenvalue weighted by Crippen LogP contribution is -2.47. The largest absolute Gasteiger partial charge is 0.480 e. The molecule has 0 radical (unpaired) electrons. The highest BCUT2D eigenvalue weighted by molar-refractivity contribution is 6.26. The second-order valence-electron chi connectivity index (χ2n) is 9.68. The second kappa shape index (κ2) is 8.76. The number of fused-ring (bicyclic) bond motifs is 1. The number of rotatable bonds is 6. The lowest BCUT2D eigenvalue weighted by Gasteiger charge is -2.35. The van der Waals surface area contributed by atoms with Crippen LogP contribution < -0.4 is 5.32 Å². The quantitative estimate of drug-likeness (QED) is 0.582. The molecule has 1 aliphatic carbocycles. The predicted octanol–water partition coefficient (Wildman–Crippen LogP) is 3.67. The minimum atomic E-state index is -0.984. The van der Waals surface area contributed by atoms with Crippen molar-refractivity contribution < 1.29 is 14.7 Å². The van der Waals surface area contributed by atoms with Gasteiger partial charge in [-0.3, -0.25) is 14.4 Å². The molecule has 2 fully saturated rings. The Kier molecular flexibility index (Phi) is 5.77. The van der Waals surface area contributed by atoms with Crippen molar-refractivity contribution in [3.63, 3.8) is 0 Å². The Morgan fingerprint density at radius 3 is 2.71 bits per heavy atom. The van der Waals surface area contributed by atoms with Gasteiger partial charge in [0.05, 0.1) is 11.5 Å². The van der Waals surface area contributed by atoms with Gasteiger partial charge in [0.1, 0.15) is 17.1 Å². The first-order valence-electron chi connectivity index (χ1n) is 11.8. The molecule has 1 aliphatic heterocycles. The van der Waals surface area contributed by atoms with Gasteiger partial charge in [-0.05, 0) is 63.1 Å². The highest BCUT2D eigenvalue weighted by atomic mass is 16.4. The first-order chi connectivity index (χ1) is 16.3. The number of aliphatic imine (C=N–C) groups is 1. The van der Waals surface area contributed by atoms with Gasteiger partial charge in [0, 0.05) is 30.4 Å². The Labute approximate surface area is 198 Å². The van der Waals surface area contributed by atoms with Gasteiger partial charge in [-0.25, -0.2) is 14.8 Å². The summed E-state index contributed by atoms with van der Waals surface area (Å²) in [7, 11) is 0. The van der Waals surface area contributed by atoms with E-state index in [0.717, 1.165) is 47.6 Å². The molecule has 1 saturated heterocycles. The van der Waals surface area contributed by atoms with Crippen LogP contribution in [0.4, 0.5) is 0 Å². The van der Waals surface area contributed by atoms with Crippen molar-refractivity contribution in [1.82, 2.24) is 19.9 Å². The monoisotopic (exact) mass is 459 g/mol. The number of hydrogen-bond acceptors (Lipinski definition) is 6. The van der Waals surface area contributed by atoms with Crippen LogP contribution in [0.2, 0.25) is 0 Å². The standard InChI is InChI=1S/C26H29N5O3/c1-26(2)21(15-22(26)32)29-20(25(33)34)14-16-8-10-17(11-9-16)31-23-19(7-5-13-28-23)30-24(31)18-6-3-4-12-27-18/h5,7-11,13,18,20,27H,3-4,6,12,14-15H2,1-2H3,(H,33,34)/t18?,20-/m0/s1. The molecule has 8 heteroatoms. The minimum Gasteiger partial charge on any atom is -0.480 e. The van der Waals surface area contributed by atoms with Crippen molar-refractivity contribution in [3.05, 3.63) is 54.0 Å². The fourth-order valence-corrected chi connectivity index (χ4v) is 4.73. The molecule has 2 aliphatic rings. The number of carbonyl (C=O) groups is 2. The Hall–Kier alpha value is -3.39. The molecule has 8 nitrogen and oxygen atoms in total. The van der Waals surface area contributed by atoms with Gasteiger partial charge < -0.3 is 10.4 Å². The summed E-state index contributed by atoms with van der Waals surface area (Å²) in [5, 5.41) is 13.3. The molecule has 3 heterocycles. The molecule has 0 bridgehead atoms. The molecule has 0 spiro atoms. The third-order valence-electron chi connectivity index (χ3n) is 7.03. The average molecular weight is 460 g/mol. The number of aromatic nitrogens is 3. The summed E-state index contributed by atoms with van der Waals surface area (Å²) in [5.74, 6) is 0.0687. The van der Waals surface area contributed by atoms with Crippen LogP contribution in [0.1, 0.15) is 57.0 Å². The van der Waals surface area contributed by atoms with E-state index in [0.29, 0.717) is 5.71 Å². The van der Waals surface area contributed by atoms with Gasteiger partial charge in [-0.1, -0.05) is 18.6 Å². The molecule has 1 aromatic carbocycles. The van der Waals surface area contributed by atoms with E-state index < -0.39 is 17.4 Å². The van der Waals surface area contributed by atoms with E-state index in [-0.39, 0.29) is 24.7 Å². The number of piperidine rings is 1. The number of carbonyl (C=O) groups excluding carboxylic acids is 1. The molecule has 2 aromatic heterocycles. The van der Waals surface area contributed by atoms with Crippen LogP contribution in [0.15, 0.2) is 47.6 Å². The number of nitrogens with one attached hydrogen (secondary N) is 1. The van der Waals surface area contributed by atoms with E-state index in [4.69, 9.17) is 4.98 Å². The summed E-state index contributed by atoms with van der Waals surface area (Å²) in [6.45, 7) is 4.57. The van der Waals surface area contributed by atoms with Crippen LogP contribution in [-0.2, 0) is 16.0 Å². The van der Waals surface area contributed by atoms with Crippen molar-refractivity contribution in [1.29, 1.82) is 0 Å². The average Bonchev–Trinajstić information content (AvgIpc) is 3.24. The Morgan fingerprint density at radius 2 is 2.06 bits per heavy atom. The number of nitrogens with zero attached hydrogens (tertiary/aromatic N) is 4. The molecule has 34 heavy (non-hydrogen) atoms. The Morgan fingerprint density at radius 1 is 1.26 bits per heavy atom. The zero-order chi connectivity index (χ0) is 23.9. The Bertz CT molecular complexity index is 1270. The summed E-state index contributed by atoms with van der Waals surface area (Å²) < 4.78 is 2.10. The van der Waals surface area contributed by atoms with Crippen LogP contribution in [0.3, 0.4) is 0 Å². The van der Waals surface area contributed by atoms with E-state index in [1.54, 1.807) is 20.0 Å². The summed E-state index contributed by atoms with van der Waals surface area (Å²) in [5.41, 5.74) is 3.49. The van der Waals surface area contributed by atoms with E-state index in [2.05, 4.69) is 19.9 Å². The smallest absolute Gasteiger partial charge is 0.328 e. The normalized spacial score (nSPS) is 22.0. The van der Waals surface area contributed by atoms with Gasteiger partial charge in [-0.15, -0.1) is 0 Å². The zero-order valence-electron chi connectivity index (χ0n) is 19.5. The summed E-state index contributed by atoms with van der Waals surface area (Å²) in [6.07, 6.45) is 5.65. The molecule has 2 atom stereocenters. The summed E-state index contributed by atoms with van der Waals surface area (Å²) in [6, 6.07) is 11.0. The van der Waals surface area contributed by atoms with Crippen molar-refractivity contribution in [2.75, 3.05) is 6.54 Å². The molecule has 1 saturated carbocycles. The number of aliphatic carboxylic acids is 1. The van der Waals surface area contributed by atoms with Gasteiger partial charge in [0.2, 0.25) is 0 Å². The molecule has 0 amide bonds. The first kappa shape index (κ1) is 22.4. The number of Topliss-reactive ketones (excluding diaryl/α,β-unsaturated/α-hetero) is 1. The first-order valence-corrected chi connectivity index (χ1v) is 11.8. The van der Waals surface area contributed by atoms with Gasteiger partial charge >= 0.3 is 5.97 Å². The van der Waals surface area contributed by atoms with Crippen LogP contribution in [0.5, 0.6) is 0 Å². The van der Waals surface area contributed by atoms with Crippen LogP contribution >= 0.6 is 0 Å². The van der Waals surface area contributed by atoms with E-state index in [1.807, 2.05) is 36.4 Å². The molecule has 3 aromatic rings. The third kappa shape index (κ3) is 4.03. The van der Waals surface area contributed by atoms with Crippen LogP contribution in [0.25, 0.3) is 16.9 Å². The number of hydrogen-bond donors (Lipinski definition) is 2. The Balaban J connectivity index is 1.44. The van der Waals surface area contributed by atoms with Gasteiger partial charge in [-0.2, -0.15) is 0 Å². The lowest BCUT2D eigenvalue weighted by molar-refractivity contribution is -0.138. The van der Waals surface area contributed by atoms with Gasteiger partial charge in [0.25, 0.3) is 0 Å². The van der Waals surface area contributed by atoms with Crippen molar-refractivity contribution in [2.24, 2.45) is 10.4 Å². The number of pyridine rings is 1. The van der Waals surface area contributed by atoms with E-state index >= 15 is 0 Å². The molecule has 2 N–H and O–H groups in total. The van der Waals surface area contributed by atoms with E-state index in [1.165, 1.54) is 6.42 Å². The highest BCUT2D eigenvalue weighted by Crippen LogP contribution is 2.34. The highest BCUT2D eigenvalue weighted by Gasteiger charge is 2.44. The topological polar surface area (TPSA) is 109 Å². The maximum absolute atomic E-state index is 11.9. The second-order valence-corrected chi connectivity index (χ2v) is 9.68. The number of carboxylic acid groups (broad SMARTS) is 1. The number of imidazole rings is 1. The molecule has 1 unspecified atom stereocenters. The number of benzene rings is 1. The maximum Gasteiger partial charge on any atom is 0.328 e. The molecular weight excluding hydrogens is 430 g/mol. The fourth-order valence-electron chi connectivity index (χ4n) is 4.73. The number of ketones is 1. The van der Waals surface area contributed by atoms with Gasteiger partial charge in [0.15, 0.2) is 11.7 Å². The zero-order valence-corrected chi connectivity index (χ0v) is 19.5. The SMILES string of the molecule is CC1(C)C(=O)CC1=N[C@@H](Cc1ccc(-n2c(C3CCCCN3)nc3cccnc32)cc1)C(=O)O. The molecule has 5 rings (SSSR count). The summed E-state index contributed by atoms with van der Waals surface area (Å²) in [4.78, 5) is 37.6. The predicted molar refractivity (Wildman–Crippen MR) is 129 cm³/mol. The number of carboxylic acids is 1. The van der Waals surface area contributed by atoms with Crippen molar-refractivity contribution >= 4 is 28.6 Å². The molecular formula is C26H29N5O3. The van der Waals surface area contributed by atoms with Crippen molar-refractivity contribution in [3.8, 4) is 5.69 Å².